The molecule has 0 unspecified atom stereocenters. The second-order valence-corrected chi connectivity index (χ2v) is 6.31. The Balaban J connectivity index is 2.18. The zero-order valence-electron chi connectivity index (χ0n) is 11.1. The van der Waals surface area contributed by atoms with Gasteiger partial charge >= 0.3 is 0 Å². The van der Waals surface area contributed by atoms with E-state index >= 15 is 0 Å². The molecule has 2 aliphatic rings. The van der Waals surface area contributed by atoms with Crippen molar-refractivity contribution < 1.29 is 9.53 Å². The number of aryl methyl sites for hydroxylation is 1. The summed E-state index contributed by atoms with van der Waals surface area (Å²) in [6, 6.07) is 6.07. The fourth-order valence-electron chi connectivity index (χ4n) is 2.75. The number of nitrogens with zero attached hydrogens (tertiary/aromatic N) is 1. The van der Waals surface area contributed by atoms with E-state index in [1.165, 1.54) is 0 Å². The van der Waals surface area contributed by atoms with Gasteiger partial charge in [0.25, 0.3) is 0 Å². The molecule has 0 saturated carbocycles. The summed E-state index contributed by atoms with van der Waals surface area (Å²) in [6.45, 7) is 2.00. The molecular weight excluding hydrogens is 272 g/mol. The molecule has 1 atom stereocenters. The molecule has 1 aromatic heterocycles. The molecule has 102 valence electrons. The van der Waals surface area contributed by atoms with Crippen molar-refractivity contribution in [3.8, 4) is 6.07 Å². The monoisotopic (exact) mass is 286 g/mol. The quantitative estimate of drug-likeness (QED) is 0.861. The highest BCUT2D eigenvalue weighted by Gasteiger charge is 2.38. The standard InChI is InChI=1S/C15H14N2O2S/c1-8-5-6-12(20-8)13-9(7-16)15(17)19-11-4-2-3-10(18)14(11)13/h5-6,13H,2-4,17H2,1H3/t13-/m0/s1. The van der Waals surface area contributed by atoms with Crippen LogP contribution in [-0.2, 0) is 9.53 Å². The van der Waals surface area contributed by atoms with Crippen LogP contribution < -0.4 is 5.73 Å². The zero-order chi connectivity index (χ0) is 14.3. The molecule has 0 radical (unpaired) electrons. The van der Waals surface area contributed by atoms with Crippen LogP contribution in [0.25, 0.3) is 0 Å². The van der Waals surface area contributed by atoms with Crippen molar-refractivity contribution in [2.45, 2.75) is 32.1 Å². The lowest BCUT2D eigenvalue weighted by Crippen LogP contribution is -2.26. The Morgan fingerprint density at radius 2 is 2.25 bits per heavy atom. The Morgan fingerprint density at radius 3 is 2.90 bits per heavy atom. The maximum absolute atomic E-state index is 12.3. The molecule has 5 heteroatoms. The first-order chi connectivity index (χ1) is 9.61. The summed E-state index contributed by atoms with van der Waals surface area (Å²) >= 11 is 1.59. The van der Waals surface area contributed by atoms with Gasteiger partial charge in [-0.2, -0.15) is 5.26 Å². The number of ketones is 1. The topological polar surface area (TPSA) is 76.1 Å². The van der Waals surface area contributed by atoms with Crippen molar-refractivity contribution in [3.05, 3.63) is 44.7 Å². The van der Waals surface area contributed by atoms with Gasteiger partial charge in [-0.25, -0.2) is 0 Å². The number of carbonyl (C=O) groups is 1. The van der Waals surface area contributed by atoms with Crippen LogP contribution in [0.1, 0.15) is 34.9 Å². The van der Waals surface area contributed by atoms with Crippen LogP contribution in [-0.4, -0.2) is 5.78 Å². The number of hydrogen-bond acceptors (Lipinski definition) is 5. The summed E-state index contributed by atoms with van der Waals surface area (Å²) in [4.78, 5) is 14.4. The number of Topliss-reactive ketones (excluding diaryl/α,β-unsaturated/α-hetero) is 1. The summed E-state index contributed by atoms with van der Waals surface area (Å²) in [5.41, 5.74) is 6.85. The highest BCUT2D eigenvalue weighted by atomic mass is 32.1. The van der Waals surface area contributed by atoms with E-state index in [2.05, 4.69) is 6.07 Å². The molecule has 1 aliphatic heterocycles. The Bertz CT molecular complexity index is 691. The SMILES string of the molecule is Cc1ccc([C@@H]2C(C#N)=C(N)OC3=C2C(=O)CCC3)s1. The Morgan fingerprint density at radius 1 is 1.45 bits per heavy atom. The lowest BCUT2D eigenvalue weighted by molar-refractivity contribution is -0.116. The highest BCUT2D eigenvalue weighted by Crippen LogP contribution is 2.44. The summed E-state index contributed by atoms with van der Waals surface area (Å²) in [5, 5.41) is 9.38. The zero-order valence-corrected chi connectivity index (χ0v) is 11.9. The van der Waals surface area contributed by atoms with Crippen molar-refractivity contribution in [3.63, 3.8) is 0 Å². The van der Waals surface area contributed by atoms with Crippen LogP contribution in [0.3, 0.4) is 0 Å². The van der Waals surface area contributed by atoms with E-state index in [9.17, 15) is 10.1 Å². The van der Waals surface area contributed by atoms with Gasteiger partial charge in [-0.05, 0) is 25.5 Å². The second-order valence-electron chi connectivity index (χ2n) is 4.99. The average molecular weight is 286 g/mol. The Kier molecular flexibility index (Phi) is 3.11. The fraction of sp³-hybridized carbons (Fsp3) is 0.333. The van der Waals surface area contributed by atoms with E-state index in [1.54, 1.807) is 11.3 Å². The van der Waals surface area contributed by atoms with E-state index in [-0.39, 0.29) is 17.6 Å². The second kappa shape index (κ2) is 4.80. The van der Waals surface area contributed by atoms with Gasteiger partial charge < -0.3 is 10.5 Å². The molecule has 0 amide bonds. The number of nitriles is 1. The maximum Gasteiger partial charge on any atom is 0.205 e. The van der Waals surface area contributed by atoms with E-state index in [0.29, 0.717) is 29.7 Å². The normalized spacial score (nSPS) is 22.4. The molecule has 4 nitrogen and oxygen atoms in total. The first-order valence-electron chi connectivity index (χ1n) is 6.52. The molecule has 2 heterocycles. The minimum absolute atomic E-state index is 0.0718. The van der Waals surface area contributed by atoms with Gasteiger partial charge in [-0.1, -0.05) is 0 Å². The summed E-state index contributed by atoms with van der Waals surface area (Å²) in [7, 11) is 0. The molecule has 0 spiro atoms. The number of rotatable bonds is 1. The largest absolute Gasteiger partial charge is 0.444 e. The number of allylic oxidation sites excluding steroid dienone is 3. The van der Waals surface area contributed by atoms with Gasteiger partial charge in [0, 0.05) is 28.2 Å². The lowest BCUT2D eigenvalue weighted by Gasteiger charge is -2.30. The molecule has 1 aromatic rings. The van der Waals surface area contributed by atoms with E-state index in [4.69, 9.17) is 10.5 Å². The first kappa shape index (κ1) is 12.9. The molecule has 0 saturated heterocycles. The summed E-state index contributed by atoms with van der Waals surface area (Å²) in [5.74, 6) is 0.503. The van der Waals surface area contributed by atoms with Crippen LogP contribution in [0.4, 0.5) is 0 Å². The van der Waals surface area contributed by atoms with Crippen LogP contribution in [0, 0.1) is 18.3 Å². The van der Waals surface area contributed by atoms with Crippen LogP contribution in [0.5, 0.6) is 0 Å². The molecular formula is C15H14N2O2S. The Labute approximate surface area is 121 Å². The third-order valence-corrected chi connectivity index (χ3v) is 4.72. The van der Waals surface area contributed by atoms with Gasteiger partial charge in [-0.3, -0.25) is 4.79 Å². The third-order valence-electron chi connectivity index (χ3n) is 3.65. The minimum atomic E-state index is -0.352. The number of carbonyl (C=O) groups excluding carboxylic acids is 1. The molecule has 0 fully saturated rings. The van der Waals surface area contributed by atoms with Crippen molar-refractivity contribution >= 4 is 17.1 Å². The van der Waals surface area contributed by atoms with Gasteiger partial charge in [0.2, 0.25) is 5.88 Å². The maximum atomic E-state index is 12.3. The predicted octanol–water partition coefficient (Wildman–Crippen LogP) is 2.87. The smallest absolute Gasteiger partial charge is 0.205 e. The van der Waals surface area contributed by atoms with Gasteiger partial charge in [0.15, 0.2) is 5.78 Å². The third kappa shape index (κ3) is 1.93. The van der Waals surface area contributed by atoms with Crippen molar-refractivity contribution in [1.82, 2.24) is 0 Å². The van der Waals surface area contributed by atoms with E-state index in [1.807, 2.05) is 19.1 Å². The molecule has 1 aliphatic carbocycles. The van der Waals surface area contributed by atoms with Crippen LogP contribution in [0.2, 0.25) is 0 Å². The molecule has 3 rings (SSSR count). The summed E-state index contributed by atoms with van der Waals surface area (Å²) < 4.78 is 5.52. The van der Waals surface area contributed by atoms with Crippen LogP contribution in [0.15, 0.2) is 34.9 Å². The highest BCUT2D eigenvalue weighted by molar-refractivity contribution is 7.12. The van der Waals surface area contributed by atoms with Gasteiger partial charge in [-0.15, -0.1) is 11.3 Å². The molecule has 20 heavy (non-hydrogen) atoms. The molecule has 0 bridgehead atoms. The van der Waals surface area contributed by atoms with Crippen molar-refractivity contribution in [2.75, 3.05) is 0 Å². The van der Waals surface area contributed by atoms with Gasteiger partial charge in [0.05, 0.1) is 5.92 Å². The summed E-state index contributed by atoms with van der Waals surface area (Å²) in [6.07, 6.45) is 2.01. The number of ether oxygens (including phenoxy) is 1. The number of nitrogens with two attached hydrogens (primary N) is 1. The van der Waals surface area contributed by atoms with Crippen LogP contribution >= 0.6 is 11.3 Å². The minimum Gasteiger partial charge on any atom is -0.444 e. The van der Waals surface area contributed by atoms with Crippen molar-refractivity contribution in [2.24, 2.45) is 5.73 Å². The lowest BCUT2D eigenvalue weighted by atomic mass is 9.80. The van der Waals surface area contributed by atoms with Crippen molar-refractivity contribution in [1.29, 1.82) is 5.26 Å². The Hall–Kier alpha value is -2.06. The van der Waals surface area contributed by atoms with E-state index < -0.39 is 0 Å². The molecule has 2 N–H and O–H groups in total. The predicted molar refractivity (Wildman–Crippen MR) is 75.6 cm³/mol. The van der Waals surface area contributed by atoms with Gasteiger partial charge in [0.1, 0.15) is 17.4 Å². The van der Waals surface area contributed by atoms with E-state index in [0.717, 1.165) is 16.2 Å². The fourth-order valence-corrected chi connectivity index (χ4v) is 3.75. The molecule has 0 aromatic carbocycles. The average Bonchev–Trinajstić information content (AvgIpc) is 2.84. The number of hydrogen-bond donors (Lipinski definition) is 1. The number of thiophene rings is 1. The first-order valence-corrected chi connectivity index (χ1v) is 7.33.